The van der Waals surface area contributed by atoms with E-state index in [4.69, 9.17) is 9.97 Å². The summed E-state index contributed by atoms with van der Waals surface area (Å²) in [6, 6.07) is 69.9. The molecule has 0 saturated heterocycles. The van der Waals surface area contributed by atoms with Crippen LogP contribution in [-0.2, 0) is 0 Å². The largest absolute Gasteiger partial charge is 0.311 e. The fourth-order valence-electron chi connectivity index (χ4n) is 7.67. The average molecular weight is 718 g/mol. The SMILES string of the molecule is c1ccc(-c2nc(-c3ccncc3)c(-n3c4ccccc4c4cc(-c5ccc(N(c6ccccc6)c6ccccc6)cc5)ccc43)nc2-c2ccccc2)cc1. The van der Waals surface area contributed by atoms with Crippen molar-refractivity contribution >= 4 is 38.9 Å². The first-order chi connectivity index (χ1) is 27.8. The van der Waals surface area contributed by atoms with E-state index < -0.39 is 0 Å². The zero-order valence-electron chi connectivity index (χ0n) is 30.4. The summed E-state index contributed by atoms with van der Waals surface area (Å²) in [5.74, 6) is 0.764. The van der Waals surface area contributed by atoms with Crippen LogP contribution in [0.15, 0.2) is 213 Å². The van der Waals surface area contributed by atoms with Crippen molar-refractivity contribution in [1.29, 1.82) is 0 Å². The molecule has 0 spiro atoms. The van der Waals surface area contributed by atoms with Gasteiger partial charge in [0.2, 0.25) is 0 Å². The van der Waals surface area contributed by atoms with Crippen molar-refractivity contribution in [2.75, 3.05) is 4.90 Å². The van der Waals surface area contributed by atoms with Gasteiger partial charge in [0.25, 0.3) is 0 Å². The number of hydrogen-bond acceptors (Lipinski definition) is 4. The first-order valence-corrected chi connectivity index (χ1v) is 18.8. The second-order valence-corrected chi connectivity index (χ2v) is 13.7. The lowest BCUT2D eigenvalue weighted by Gasteiger charge is -2.25. The summed E-state index contributed by atoms with van der Waals surface area (Å²) < 4.78 is 2.28. The number of fused-ring (bicyclic) bond motifs is 3. The molecule has 3 aromatic heterocycles. The summed E-state index contributed by atoms with van der Waals surface area (Å²) in [5.41, 5.74) is 13.1. The minimum Gasteiger partial charge on any atom is -0.311 e. The molecular formula is C51H35N5. The molecule has 7 aromatic carbocycles. The van der Waals surface area contributed by atoms with E-state index in [1.807, 2.05) is 48.8 Å². The lowest BCUT2D eigenvalue weighted by Crippen LogP contribution is -2.09. The predicted molar refractivity (Wildman–Crippen MR) is 231 cm³/mol. The minimum atomic E-state index is 0.764. The van der Waals surface area contributed by atoms with Gasteiger partial charge in [0.05, 0.1) is 22.4 Å². The Labute approximate surface area is 325 Å². The van der Waals surface area contributed by atoms with Crippen LogP contribution in [-0.4, -0.2) is 19.5 Å². The highest BCUT2D eigenvalue weighted by Gasteiger charge is 2.23. The summed E-state index contributed by atoms with van der Waals surface area (Å²) in [5, 5.41) is 2.30. The van der Waals surface area contributed by atoms with Gasteiger partial charge in [-0.15, -0.1) is 0 Å². The normalized spacial score (nSPS) is 11.2. The monoisotopic (exact) mass is 717 g/mol. The van der Waals surface area contributed by atoms with Gasteiger partial charge in [-0.05, 0) is 77.9 Å². The Morgan fingerprint density at radius 1 is 0.339 bits per heavy atom. The third kappa shape index (κ3) is 5.98. The van der Waals surface area contributed by atoms with Crippen molar-refractivity contribution < 1.29 is 0 Å². The quantitative estimate of drug-likeness (QED) is 0.157. The topological polar surface area (TPSA) is 46.8 Å². The van der Waals surface area contributed by atoms with Crippen LogP contribution in [0.2, 0.25) is 0 Å². The maximum absolute atomic E-state index is 5.57. The number of pyridine rings is 1. The van der Waals surface area contributed by atoms with Gasteiger partial charge < -0.3 is 4.90 Å². The van der Waals surface area contributed by atoms with Gasteiger partial charge in [0, 0.05) is 56.9 Å². The highest BCUT2D eigenvalue weighted by molar-refractivity contribution is 6.11. The lowest BCUT2D eigenvalue weighted by atomic mass is 10.0. The van der Waals surface area contributed by atoms with Gasteiger partial charge in [-0.3, -0.25) is 9.55 Å². The van der Waals surface area contributed by atoms with E-state index >= 15 is 0 Å². The summed E-state index contributed by atoms with van der Waals surface area (Å²) in [6.07, 6.45) is 3.63. The van der Waals surface area contributed by atoms with Crippen molar-refractivity contribution in [2.24, 2.45) is 0 Å². The summed E-state index contributed by atoms with van der Waals surface area (Å²) in [7, 11) is 0. The van der Waals surface area contributed by atoms with Crippen molar-refractivity contribution in [3.8, 4) is 50.7 Å². The van der Waals surface area contributed by atoms with Gasteiger partial charge in [0.1, 0.15) is 5.69 Å². The molecule has 0 atom stereocenters. The fourth-order valence-corrected chi connectivity index (χ4v) is 7.67. The Balaban J connectivity index is 1.15. The highest BCUT2D eigenvalue weighted by Crippen LogP contribution is 2.41. The van der Waals surface area contributed by atoms with E-state index in [9.17, 15) is 0 Å². The Morgan fingerprint density at radius 2 is 0.821 bits per heavy atom. The molecule has 0 bridgehead atoms. The van der Waals surface area contributed by atoms with E-state index in [0.29, 0.717) is 0 Å². The zero-order chi connectivity index (χ0) is 37.3. The molecule has 10 rings (SSSR count). The number of hydrogen-bond donors (Lipinski definition) is 0. The highest BCUT2D eigenvalue weighted by atomic mass is 15.1. The van der Waals surface area contributed by atoms with Crippen molar-refractivity contribution in [2.45, 2.75) is 0 Å². The number of para-hydroxylation sites is 3. The third-order valence-electron chi connectivity index (χ3n) is 10.3. The Morgan fingerprint density at radius 3 is 1.45 bits per heavy atom. The molecule has 0 saturated carbocycles. The van der Waals surface area contributed by atoms with Gasteiger partial charge in [-0.2, -0.15) is 0 Å². The van der Waals surface area contributed by atoms with Crippen LogP contribution in [0.5, 0.6) is 0 Å². The van der Waals surface area contributed by atoms with Crippen LogP contribution < -0.4 is 4.90 Å². The molecule has 0 N–H and O–H groups in total. The Hall–Kier alpha value is -7.63. The van der Waals surface area contributed by atoms with E-state index in [0.717, 1.165) is 89.6 Å². The maximum atomic E-state index is 5.57. The zero-order valence-corrected chi connectivity index (χ0v) is 30.4. The number of anilines is 3. The third-order valence-corrected chi connectivity index (χ3v) is 10.3. The van der Waals surface area contributed by atoms with E-state index in [-0.39, 0.29) is 0 Å². The second-order valence-electron chi connectivity index (χ2n) is 13.7. The van der Waals surface area contributed by atoms with Crippen LogP contribution in [0.4, 0.5) is 17.1 Å². The molecule has 0 aliphatic rings. The number of aromatic nitrogens is 4. The first-order valence-electron chi connectivity index (χ1n) is 18.8. The molecular weight excluding hydrogens is 683 g/mol. The molecule has 0 amide bonds. The molecule has 0 aliphatic heterocycles. The standard InChI is InChI=1S/C51H35N5/c1-5-15-37(16-6-1)48-49(38-17-7-2-8-18-38)54-51(50(53-48)39-31-33-52-34-32-39)56-46-24-14-13-23-44(46)45-35-40(27-30-47(45)56)36-25-28-43(29-26-36)55(41-19-9-3-10-20-41)42-21-11-4-12-22-42/h1-35H. The maximum Gasteiger partial charge on any atom is 0.165 e. The van der Waals surface area contributed by atoms with Crippen LogP contribution in [0.3, 0.4) is 0 Å². The number of rotatable bonds is 8. The fraction of sp³-hybridized carbons (Fsp3) is 0. The smallest absolute Gasteiger partial charge is 0.165 e. The van der Waals surface area contributed by atoms with Crippen molar-refractivity contribution in [1.82, 2.24) is 19.5 Å². The molecule has 56 heavy (non-hydrogen) atoms. The molecule has 3 heterocycles. The molecule has 0 aliphatic carbocycles. The molecule has 0 unspecified atom stereocenters. The van der Waals surface area contributed by atoms with E-state index in [2.05, 4.69) is 178 Å². The summed E-state index contributed by atoms with van der Waals surface area (Å²) in [6.45, 7) is 0. The van der Waals surface area contributed by atoms with E-state index in [1.54, 1.807) is 0 Å². The van der Waals surface area contributed by atoms with E-state index in [1.165, 1.54) is 0 Å². The van der Waals surface area contributed by atoms with Crippen LogP contribution in [0.25, 0.3) is 72.5 Å². The first kappa shape index (κ1) is 33.0. The van der Waals surface area contributed by atoms with Crippen LogP contribution in [0.1, 0.15) is 0 Å². The predicted octanol–water partition coefficient (Wildman–Crippen LogP) is 13.1. The van der Waals surface area contributed by atoms with Gasteiger partial charge in [-0.1, -0.05) is 133 Å². The van der Waals surface area contributed by atoms with Crippen molar-refractivity contribution in [3.63, 3.8) is 0 Å². The summed E-state index contributed by atoms with van der Waals surface area (Å²) >= 11 is 0. The molecule has 5 heteroatoms. The molecule has 5 nitrogen and oxygen atoms in total. The van der Waals surface area contributed by atoms with Gasteiger partial charge in [-0.25, -0.2) is 9.97 Å². The van der Waals surface area contributed by atoms with Crippen LogP contribution >= 0.6 is 0 Å². The lowest BCUT2D eigenvalue weighted by molar-refractivity contribution is 1.05. The van der Waals surface area contributed by atoms with Gasteiger partial charge >= 0.3 is 0 Å². The van der Waals surface area contributed by atoms with Gasteiger partial charge in [0.15, 0.2) is 5.82 Å². The average Bonchev–Trinajstić information content (AvgIpc) is 3.61. The number of nitrogens with zero attached hydrogens (tertiary/aromatic N) is 5. The molecule has 264 valence electrons. The second kappa shape index (κ2) is 14.3. The molecule has 0 fully saturated rings. The Bertz CT molecular complexity index is 2890. The molecule has 10 aromatic rings. The molecule has 0 radical (unpaired) electrons. The number of benzene rings is 7. The summed E-state index contributed by atoms with van der Waals surface area (Å²) in [4.78, 5) is 17.7. The van der Waals surface area contributed by atoms with Crippen LogP contribution in [0, 0.1) is 0 Å². The minimum absolute atomic E-state index is 0.764. The Kier molecular flexibility index (Phi) is 8.43. The van der Waals surface area contributed by atoms with Crippen molar-refractivity contribution in [3.05, 3.63) is 213 Å².